The molecule has 0 radical (unpaired) electrons. The van der Waals surface area contributed by atoms with Gasteiger partial charge in [0.05, 0.1) is 6.04 Å². The monoisotopic (exact) mass is 423 g/mol. The number of carbonyl (C=O) groups excluding carboxylic acids is 1. The van der Waals surface area contributed by atoms with Crippen LogP contribution in [-0.2, 0) is 14.3 Å². The number of rotatable bonds is 8. The molecule has 13 heteroatoms. The first-order chi connectivity index (χ1) is 14.1. The van der Waals surface area contributed by atoms with Crippen LogP contribution in [0.25, 0.3) is 0 Å². The zero-order valence-electron chi connectivity index (χ0n) is 16.3. The molecule has 0 spiro atoms. The van der Waals surface area contributed by atoms with E-state index in [1.54, 1.807) is 7.05 Å². The van der Waals surface area contributed by atoms with Gasteiger partial charge < -0.3 is 31.5 Å². The molecule has 0 bridgehead atoms. The van der Waals surface area contributed by atoms with E-state index in [0.29, 0.717) is 13.0 Å². The van der Waals surface area contributed by atoms with Gasteiger partial charge in [-0.25, -0.2) is 9.59 Å². The predicted octanol–water partition coefficient (Wildman–Crippen LogP) is -2.51. The molecule has 4 atom stereocenters. The second kappa shape index (κ2) is 9.84. The third-order valence-electron chi connectivity index (χ3n) is 4.49. The molecule has 2 heterocycles. The summed E-state index contributed by atoms with van der Waals surface area (Å²) in [6, 6.07) is -0.388. The number of carboxylic acid groups (broad SMARTS) is 1. The standard InChI is InChI=1S/C17H25N7O6/c1-23(16(19)20)6-4-9(18)8-12(26)21-10-2-3-13(30-14(10)15(27)28)24-7-5-11(25)22-17(24)29/h2-3,5,7,9-10,13-14H,4,6,8,18H2,1H3,(H3,19,20)(H,21,26)(H,27,28)(H,22,25,29)/t9-,10-,13?,14-/m0/s1. The van der Waals surface area contributed by atoms with Crippen LogP contribution in [0.15, 0.2) is 34.0 Å². The number of amides is 1. The smallest absolute Gasteiger partial charge is 0.335 e. The average molecular weight is 423 g/mol. The van der Waals surface area contributed by atoms with Gasteiger partial charge in [-0.3, -0.25) is 24.5 Å². The molecule has 1 unspecified atom stereocenters. The highest BCUT2D eigenvalue weighted by Gasteiger charge is 2.35. The van der Waals surface area contributed by atoms with Crippen LogP contribution in [0.1, 0.15) is 19.1 Å². The number of hydrogen-bond acceptors (Lipinski definition) is 7. The molecule has 2 rings (SSSR count). The van der Waals surface area contributed by atoms with Gasteiger partial charge in [0.2, 0.25) is 5.91 Å². The molecule has 1 aromatic rings. The highest BCUT2D eigenvalue weighted by molar-refractivity contribution is 5.80. The summed E-state index contributed by atoms with van der Waals surface area (Å²) in [7, 11) is 1.63. The minimum absolute atomic E-state index is 0.0643. The Labute approximate surface area is 170 Å². The molecule has 1 aromatic heterocycles. The molecule has 0 aromatic carbocycles. The molecular weight excluding hydrogens is 398 g/mol. The molecule has 0 saturated carbocycles. The van der Waals surface area contributed by atoms with Crippen molar-refractivity contribution in [2.75, 3.05) is 13.6 Å². The Hall–Kier alpha value is -3.45. The van der Waals surface area contributed by atoms with E-state index in [1.165, 1.54) is 23.2 Å². The van der Waals surface area contributed by atoms with Crippen molar-refractivity contribution in [3.63, 3.8) is 0 Å². The van der Waals surface area contributed by atoms with Crippen molar-refractivity contribution < 1.29 is 19.4 Å². The van der Waals surface area contributed by atoms with Crippen LogP contribution in [0.2, 0.25) is 0 Å². The van der Waals surface area contributed by atoms with Gasteiger partial charge >= 0.3 is 11.7 Å². The number of nitrogens with zero attached hydrogens (tertiary/aromatic N) is 2. The van der Waals surface area contributed by atoms with E-state index < -0.39 is 47.5 Å². The summed E-state index contributed by atoms with van der Waals surface area (Å²) >= 11 is 0. The maximum absolute atomic E-state index is 12.3. The first kappa shape index (κ1) is 22.8. The van der Waals surface area contributed by atoms with Crippen molar-refractivity contribution in [2.24, 2.45) is 11.5 Å². The lowest BCUT2D eigenvalue weighted by molar-refractivity contribution is -0.159. The molecule has 13 nitrogen and oxygen atoms in total. The van der Waals surface area contributed by atoms with Crippen LogP contribution in [0.5, 0.6) is 0 Å². The van der Waals surface area contributed by atoms with Crippen molar-refractivity contribution >= 4 is 17.8 Å². The van der Waals surface area contributed by atoms with Gasteiger partial charge in [-0.2, -0.15) is 0 Å². The van der Waals surface area contributed by atoms with Crippen molar-refractivity contribution in [1.82, 2.24) is 19.8 Å². The first-order valence-electron chi connectivity index (χ1n) is 9.06. The summed E-state index contributed by atoms with van der Waals surface area (Å²) in [5.41, 5.74) is 9.90. The van der Waals surface area contributed by atoms with E-state index in [1.807, 2.05) is 0 Å². The number of nitrogens with two attached hydrogens (primary N) is 2. The molecule has 8 N–H and O–H groups in total. The lowest BCUT2D eigenvalue weighted by Crippen LogP contribution is -2.51. The van der Waals surface area contributed by atoms with Crippen LogP contribution in [0, 0.1) is 5.41 Å². The summed E-state index contributed by atoms with van der Waals surface area (Å²) in [5.74, 6) is -1.92. The molecule has 1 aliphatic rings. The number of aromatic amines is 1. The Morgan fingerprint density at radius 2 is 2.13 bits per heavy atom. The molecule has 30 heavy (non-hydrogen) atoms. The van der Waals surface area contributed by atoms with Gasteiger partial charge in [0.25, 0.3) is 5.56 Å². The third-order valence-corrected chi connectivity index (χ3v) is 4.49. The second-order valence-corrected chi connectivity index (χ2v) is 6.84. The minimum atomic E-state index is -1.46. The summed E-state index contributed by atoms with van der Waals surface area (Å²) in [6.07, 6.45) is 1.83. The Kier molecular flexibility index (Phi) is 7.49. The number of aromatic nitrogens is 2. The van der Waals surface area contributed by atoms with E-state index in [-0.39, 0.29) is 12.4 Å². The average Bonchev–Trinajstić information content (AvgIpc) is 2.66. The Morgan fingerprint density at radius 1 is 1.43 bits per heavy atom. The Balaban J connectivity index is 2.01. The van der Waals surface area contributed by atoms with Gasteiger partial charge in [-0.15, -0.1) is 0 Å². The number of ether oxygens (including phenoxy) is 1. The topological polar surface area (TPSA) is 210 Å². The first-order valence-corrected chi connectivity index (χ1v) is 9.06. The predicted molar refractivity (Wildman–Crippen MR) is 106 cm³/mol. The van der Waals surface area contributed by atoms with Crippen molar-refractivity contribution in [3.8, 4) is 0 Å². The van der Waals surface area contributed by atoms with E-state index in [0.717, 1.165) is 10.6 Å². The molecule has 164 valence electrons. The summed E-state index contributed by atoms with van der Waals surface area (Å²) in [5, 5.41) is 19.3. The lowest BCUT2D eigenvalue weighted by atomic mass is 10.1. The lowest BCUT2D eigenvalue weighted by Gasteiger charge is -2.31. The molecule has 1 aliphatic heterocycles. The maximum atomic E-state index is 12.3. The van der Waals surface area contributed by atoms with Crippen LogP contribution in [-0.4, -0.2) is 69.2 Å². The fourth-order valence-electron chi connectivity index (χ4n) is 2.78. The molecule has 0 saturated heterocycles. The Morgan fingerprint density at radius 3 is 2.73 bits per heavy atom. The van der Waals surface area contributed by atoms with Gasteiger partial charge in [0.1, 0.15) is 0 Å². The quantitative estimate of drug-likeness (QED) is 0.148. The number of hydrogen-bond donors (Lipinski definition) is 6. The van der Waals surface area contributed by atoms with Gasteiger partial charge in [0.15, 0.2) is 18.3 Å². The molecule has 0 fully saturated rings. The van der Waals surface area contributed by atoms with Gasteiger partial charge in [-0.05, 0) is 12.5 Å². The summed E-state index contributed by atoms with van der Waals surface area (Å²) < 4.78 is 6.46. The van der Waals surface area contributed by atoms with Crippen molar-refractivity contribution in [3.05, 3.63) is 45.3 Å². The molecule has 0 aliphatic carbocycles. The van der Waals surface area contributed by atoms with Crippen molar-refractivity contribution in [1.29, 1.82) is 5.41 Å². The number of guanidine groups is 1. The number of carboxylic acids is 1. The third kappa shape index (κ3) is 6.02. The van der Waals surface area contributed by atoms with Crippen LogP contribution in [0.3, 0.4) is 0 Å². The number of H-pyrrole nitrogens is 1. The SMILES string of the molecule is CN(CC[C@H](N)CC(=O)N[C@H]1C=CC(n2ccc(=O)[nH]c2=O)O[C@@H]1C(=O)O)C(=N)N. The zero-order chi connectivity index (χ0) is 22.4. The van der Waals surface area contributed by atoms with E-state index in [9.17, 15) is 24.3 Å². The Bertz CT molecular complexity index is 939. The summed E-state index contributed by atoms with van der Waals surface area (Å²) in [6.45, 7) is 0.392. The number of carbonyl (C=O) groups is 2. The van der Waals surface area contributed by atoms with E-state index >= 15 is 0 Å². The molecular formula is C17H25N7O6. The van der Waals surface area contributed by atoms with Crippen LogP contribution < -0.4 is 28.0 Å². The zero-order valence-corrected chi connectivity index (χ0v) is 16.3. The van der Waals surface area contributed by atoms with E-state index in [4.69, 9.17) is 21.6 Å². The normalized spacial score (nSPS) is 21.6. The number of nitrogens with one attached hydrogen (secondary N) is 3. The summed E-state index contributed by atoms with van der Waals surface area (Å²) in [4.78, 5) is 50.5. The van der Waals surface area contributed by atoms with Crippen molar-refractivity contribution in [2.45, 2.75) is 37.3 Å². The highest BCUT2D eigenvalue weighted by atomic mass is 16.5. The largest absolute Gasteiger partial charge is 0.479 e. The van der Waals surface area contributed by atoms with Gasteiger partial charge in [-0.1, -0.05) is 6.08 Å². The fourth-order valence-corrected chi connectivity index (χ4v) is 2.78. The van der Waals surface area contributed by atoms with Crippen LogP contribution >= 0.6 is 0 Å². The second-order valence-electron chi connectivity index (χ2n) is 6.84. The molecule has 1 amide bonds. The minimum Gasteiger partial charge on any atom is -0.479 e. The van der Waals surface area contributed by atoms with Gasteiger partial charge in [0, 0.05) is 38.3 Å². The highest BCUT2D eigenvalue weighted by Crippen LogP contribution is 2.20. The van der Waals surface area contributed by atoms with E-state index in [2.05, 4.69) is 10.3 Å². The van der Waals surface area contributed by atoms with Crippen LogP contribution in [0.4, 0.5) is 0 Å². The number of aliphatic carboxylic acids is 1. The maximum Gasteiger partial charge on any atom is 0.335 e. The fraction of sp³-hybridized carbons (Fsp3) is 0.471.